The minimum Gasteiger partial charge on any atom is -0.330 e. The van der Waals surface area contributed by atoms with Crippen LogP contribution in [-0.2, 0) is 0 Å². The van der Waals surface area contributed by atoms with Gasteiger partial charge in [-0.2, -0.15) is 0 Å². The quantitative estimate of drug-likeness (QED) is 0.708. The van der Waals surface area contributed by atoms with Crippen molar-refractivity contribution in [2.24, 2.45) is 16.6 Å². The molecule has 0 spiro atoms. The van der Waals surface area contributed by atoms with Crippen LogP contribution in [0.4, 0.5) is 0 Å². The number of likely N-dealkylation sites (tertiary alicyclic amines) is 1. The summed E-state index contributed by atoms with van der Waals surface area (Å²) in [6.07, 6.45) is 2.48. The Morgan fingerprint density at radius 2 is 2.00 bits per heavy atom. The summed E-state index contributed by atoms with van der Waals surface area (Å²) in [7, 11) is 2.21. The van der Waals surface area contributed by atoms with Crippen molar-refractivity contribution in [3.8, 4) is 0 Å². The van der Waals surface area contributed by atoms with E-state index in [1.807, 2.05) is 0 Å². The number of nitrogens with zero attached hydrogens (tertiary/aromatic N) is 1. The van der Waals surface area contributed by atoms with E-state index in [0.717, 1.165) is 6.54 Å². The molecule has 13 heavy (non-hydrogen) atoms. The predicted molar refractivity (Wildman–Crippen MR) is 57.7 cm³/mol. The first-order valence-corrected chi connectivity index (χ1v) is 5.30. The lowest BCUT2D eigenvalue weighted by atomic mass is 9.64. The fraction of sp³-hybridized carbons (Fsp3) is 1.00. The predicted octanol–water partition coefficient (Wildman–Crippen LogP) is 1.70. The van der Waals surface area contributed by atoms with Crippen molar-refractivity contribution in [3.05, 3.63) is 0 Å². The maximum Gasteiger partial charge on any atom is 0.00409 e. The maximum absolute atomic E-state index is 5.72. The molecule has 1 heterocycles. The standard InChI is InChI=1S/C11H24N2/c1-10(2,3)11(5-7-12)6-8-13(4)9-11/h5-9,12H2,1-4H3. The molecular formula is C11H24N2. The van der Waals surface area contributed by atoms with E-state index in [2.05, 4.69) is 32.7 Å². The van der Waals surface area contributed by atoms with E-state index in [1.165, 1.54) is 25.9 Å². The fourth-order valence-electron chi connectivity index (χ4n) is 2.55. The van der Waals surface area contributed by atoms with Gasteiger partial charge in [-0.1, -0.05) is 20.8 Å². The Labute approximate surface area is 82.5 Å². The molecule has 0 amide bonds. The van der Waals surface area contributed by atoms with Crippen molar-refractivity contribution < 1.29 is 0 Å². The van der Waals surface area contributed by atoms with Crippen LogP contribution in [0.3, 0.4) is 0 Å². The third-order valence-corrected chi connectivity index (χ3v) is 3.76. The molecule has 1 aliphatic rings. The summed E-state index contributed by atoms with van der Waals surface area (Å²) in [5.74, 6) is 0. The van der Waals surface area contributed by atoms with E-state index >= 15 is 0 Å². The summed E-state index contributed by atoms with van der Waals surface area (Å²) < 4.78 is 0. The first-order chi connectivity index (χ1) is 5.91. The highest BCUT2D eigenvalue weighted by molar-refractivity contribution is 4.96. The largest absolute Gasteiger partial charge is 0.330 e. The number of hydrogen-bond donors (Lipinski definition) is 1. The minimum atomic E-state index is 0.386. The van der Waals surface area contributed by atoms with Crippen LogP contribution < -0.4 is 5.73 Å². The number of nitrogens with two attached hydrogens (primary N) is 1. The van der Waals surface area contributed by atoms with Crippen LogP contribution in [0.5, 0.6) is 0 Å². The van der Waals surface area contributed by atoms with E-state index in [-0.39, 0.29) is 0 Å². The van der Waals surface area contributed by atoms with Crippen molar-refractivity contribution in [3.63, 3.8) is 0 Å². The topological polar surface area (TPSA) is 29.3 Å². The average molecular weight is 184 g/mol. The zero-order chi connectivity index (χ0) is 10.1. The van der Waals surface area contributed by atoms with Gasteiger partial charge in [0.25, 0.3) is 0 Å². The van der Waals surface area contributed by atoms with Crippen LogP contribution in [0.25, 0.3) is 0 Å². The molecule has 0 aliphatic carbocycles. The lowest BCUT2D eigenvalue weighted by molar-refractivity contribution is 0.0885. The second-order valence-electron chi connectivity index (χ2n) is 5.56. The maximum atomic E-state index is 5.72. The van der Waals surface area contributed by atoms with Gasteiger partial charge in [0, 0.05) is 6.54 Å². The zero-order valence-corrected chi connectivity index (χ0v) is 9.56. The first-order valence-electron chi connectivity index (χ1n) is 5.30. The Kier molecular flexibility index (Phi) is 3.03. The Hall–Kier alpha value is -0.0800. The van der Waals surface area contributed by atoms with Gasteiger partial charge in [0.1, 0.15) is 0 Å². The second kappa shape index (κ2) is 3.58. The van der Waals surface area contributed by atoms with Crippen molar-refractivity contribution in [2.75, 3.05) is 26.7 Å². The van der Waals surface area contributed by atoms with Gasteiger partial charge in [0.2, 0.25) is 0 Å². The molecule has 0 saturated carbocycles. The Bertz CT molecular complexity index is 167. The second-order valence-corrected chi connectivity index (χ2v) is 5.56. The van der Waals surface area contributed by atoms with Crippen LogP contribution in [0.1, 0.15) is 33.6 Å². The highest BCUT2D eigenvalue weighted by atomic mass is 15.1. The van der Waals surface area contributed by atoms with Crippen LogP contribution in [-0.4, -0.2) is 31.6 Å². The van der Waals surface area contributed by atoms with Gasteiger partial charge >= 0.3 is 0 Å². The molecule has 0 bridgehead atoms. The van der Waals surface area contributed by atoms with E-state index in [0.29, 0.717) is 10.8 Å². The van der Waals surface area contributed by atoms with Crippen molar-refractivity contribution in [1.29, 1.82) is 0 Å². The van der Waals surface area contributed by atoms with Gasteiger partial charge in [-0.05, 0) is 43.8 Å². The molecule has 2 heteroatoms. The molecule has 0 aromatic heterocycles. The summed E-state index contributed by atoms with van der Waals surface area (Å²) >= 11 is 0. The molecule has 78 valence electrons. The van der Waals surface area contributed by atoms with E-state index in [4.69, 9.17) is 5.73 Å². The summed E-state index contributed by atoms with van der Waals surface area (Å²) in [6, 6.07) is 0. The zero-order valence-electron chi connectivity index (χ0n) is 9.56. The molecule has 1 saturated heterocycles. The summed E-state index contributed by atoms with van der Waals surface area (Å²) in [5.41, 5.74) is 6.56. The number of rotatable bonds is 2. The molecule has 0 aromatic rings. The molecule has 2 N–H and O–H groups in total. The molecule has 1 fully saturated rings. The molecule has 0 aromatic carbocycles. The van der Waals surface area contributed by atoms with Gasteiger partial charge in [-0.25, -0.2) is 0 Å². The van der Waals surface area contributed by atoms with Gasteiger partial charge < -0.3 is 10.6 Å². The third kappa shape index (κ3) is 2.05. The van der Waals surface area contributed by atoms with E-state index in [9.17, 15) is 0 Å². The molecule has 1 atom stereocenters. The SMILES string of the molecule is CN1CCC(CCN)(C(C)(C)C)C1. The molecule has 1 rings (SSSR count). The van der Waals surface area contributed by atoms with E-state index < -0.39 is 0 Å². The smallest absolute Gasteiger partial charge is 0.00409 e. The van der Waals surface area contributed by atoms with Gasteiger partial charge in [-0.15, -0.1) is 0 Å². The molecule has 0 radical (unpaired) electrons. The Morgan fingerprint density at radius 1 is 1.38 bits per heavy atom. The van der Waals surface area contributed by atoms with Crippen molar-refractivity contribution in [1.82, 2.24) is 4.90 Å². The lowest BCUT2D eigenvalue weighted by Crippen LogP contribution is -2.39. The normalized spacial score (nSPS) is 31.2. The number of hydrogen-bond acceptors (Lipinski definition) is 2. The third-order valence-electron chi connectivity index (χ3n) is 3.76. The molecule has 1 unspecified atom stereocenters. The Balaban J connectivity index is 2.77. The fourth-order valence-corrected chi connectivity index (χ4v) is 2.55. The van der Waals surface area contributed by atoms with E-state index in [1.54, 1.807) is 0 Å². The molecule has 2 nitrogen and oxygen atoms in total. The summed E-state index contributed by atoms with van der Waals surface area (Å²) in [4.78, 5) is 2.43. The lowest BCUT2D eigenvalue weighted by Gasteiger charge is -2.42. The van der Waals surface area contributed by atoms with Gasteiger partial charge in [0.15, 0.2) is 0 Å². The molecule has 1 aliphatic heterocycles. The van der Waals surface area contributed by atoms with Crippen LogP contribution in [0.2, 0.25) is 0 Å². The summed E-state index contributed by atoms with van der Waals surface area (Å²) in [6.45, 7) is 10.3. The molecular weight excluding hydrogens is 160 g/mol. The highest BCUT2D eigenvalue weighted by Gasteiger charge is 2.44. The Morgan fingerprint density at radius 3 is 2.31 bits per heavy atom. The minimum absolute atomic E-state index is 0.386. The van der Waals surface area contributed by atoms with Gasteiger partial charge in [-0.3, -0.25) is 0 Å². The van der Waals surface area contributed by atoms with Gasteiger partial charge in [0.05, 0.1) is 0 Å². The van der Waals surface area contributed by atoms with Crippen molar-refractivity contribution >= 4 is 0 Å². The van der Waals surface area contributed by atoms with Crippen LogP contribution in [0.15, 0.2) is 0 Å². The highest BCUT2D eigenvalue weighted by Crippen LogP contribution is 2.47. The monoisotopic (exact) mass is 184 g/mol. The van der Waals surface area contributed by atoms with Crippen LogP contribution in [0, 0.1) is 10.8 Å². The summed E-state index contributed by atoms with van der Waals surface area (Å²) in [5, 5.41) is 0. The first kappa shape index (κ1) is 11.0. The van der Waals surface area contributed by atoms with Crippen LogP contribution >= 0.6 is 0 Å². The average Bonchev–Trinajstić information content (AvgIpc) is 2.32. The van der Waals surface area contributed by atoms with Crippen molar-refractivity contribution in [2.45, 2.75) is 33.6 Å².